The average Bonchev–Trinajstić information content (AvgIpc) is 2.29. The highest BCUT2D eigenvalue weighted by molar-refractivity contribution is 6.21. The van der Waals surface area contributed by atoms with E-state index in [2.05, 4.69) is 5.32 Å². The van der Waals surface area contributed by atoms with E-state index in [1.165, 1.54) is 0 Å². The lowest BCUT2D eigenvalue weighted by atomic mass is 10.1. The van der Waals surface area contributed by atoms with Gasteiger partial charge in [0.15, 0.2) is 0 Å². The number of carbonyl (C=O) groups is 1. The summed E-state index contributed by atoms with van der Waals surface area (Å²) >= 11 is 6.03. The van der Waals surface area contributed by atoms with Crippen molar-refractivity contribution in [1.29, 1.82) is 0 Å². The fourth-order valence-corrected chi connectivity index (χ4v) is 1.42. The van der Waals surface area contributed by atoms with E-state index in [0.717, 1.165) is 0 Å². The molecule has 1 rings (SSSR count). The van der Waals surface area contributed by atoms with Crippen molar-refractivity contribution in [2.24, 2.45) is 5.92 Å². The van der Waals surface area contributed by atoms with E-state index in [1.54, 1.807) is 24.3 Å². The number of carbonyl (C=O) groups excluding carboxylic acids is 1. The number of aromatic hydroxyl groups is 1. The predicted molar refractivity (Wildman–Crippen MR) is 69.3 cm³/mol. The fourth-order valence-electron chi connectivity index (χ4n) is 1.34. The quantitative estimate of drug-likeness (QED) is 0.794. The largest absolute Gasteiger partial charge is 0.508 e. The monoisotopic (exact) mass is 255 g/mol. The molecule has 0 aliphatic rings. The number of alkyl halides is 1. The molecule has 0 heterocycles. The molecule has 1 amide bonds. The van der Waals surface area contributed by atoms with E-state index in [-0.39, 0.29) is 23.5 Å². The summed E-state index contributed by atoms with van der Waals surface area (Å²) in [5, 5.41) is 12.2. The molecule has 0 radical (unpaired) electrons. The lowest BCUT2D eigenvalue weighted by Gasteiger charge is -2.14. The molecule has 94 valence electrons. The maximum absolute atomic E-state index is 11.6. The Morgan fingerprint density at radius 3 is 2.65 bits per heavy atom. The SMILES string of the molecule is CC(C)C(Cl)CNC(=O)Cc1ccccc1O. The molecule has 2 N–H and O–H groups in total. The van der Waals surface area contributed by atoms with Gasteiger partial charge >= 0.3 is 0 Å². The number of amides is 1. The highest BCUT2D eigenvalue weighted by Gasteiger charge is 2.12. The lowest BCUT2D eigenvalue weighted by molar-refractivity contribution is -0.120. The van der Waals surface area contributed by atoms with Crippen LogP contribution >= 0.6 is 11.6 Å². The summed E-state index contributed by atoms with van der Waals surface area (Å²) in [5.41, 5.74) is 0.626. The van der Waals surface area contributed by atoms with Crippen LogP contribution in [0.2, 0.25) is 0 Å². The summed E-state index contributed by atoms with van der Waals surface area (Å²) in [6, 6.07) is 6.82. The summed E-state index contributed by atoms with van der Waals surface area (Å²) in [6.45, 7) is 4.46. The van der Waals surface area contributed by atoms with Gasteiger partial charge in [-0.05, 0) is 12.0 Å². The first-order valence-electron chi connectivity index (χ1n) is 5.68. The minimum Gasteiger partial charge on any atom is -0.508 e. The Morgan fingerprint density at radius 1 is 1.41 bits per heavy atom. The highest BCUT2D eigenvalue weighted by Crippen LogP contribution is 2.16. The lowest BCUT2D eigenvalue weighted by Crippen LogP contribution is -2.32. The van der Waals surface area contributed by atoms with Gasteiger partial charge in [0.05, 0.1) is 11.8 Å². The average molecular weight is 256 g/mol. The molecule has 0 spiro atoms. The first-order valence-corrected chi connectivity index (χ1v) is 6.12. The maximum atomic E-state index is 11.6. The number of para-hydroxylation sites is 1. The number of phenolic OH excluding ortho intramolecular Hbond substituents is 1. The van der Waals surface area contributed by atoms with E-state index < -0.39 is 0 Å². The first kappa shape index (κ1) is 13.8. The highest BCUT2D eigenvalue weighted by atomic mass is 35.5. The van der Waals surface area contributed by atoms with E-state index in [9.17, 15) is 9.90 Å². The zero-order valence-corrected chi connectivity index (χ0v) is 10.9. The second kappa shape index (κ2) is 6.50. The van der Waals surface area contributed by atoms with Crippen LogP contribution in [0, 0.1) is 5.92 Å². The molecular formula is C13H18ClNO2. The van der Waals surface area contributed by atoms with Gasteiger partial charge in [-0.15, -0.1) is 11.6 Å². The van der Waals surface area contributed by atoms with E-state index >= 15 is 0 Å². The van der Waals surface area contributed by atoms with Gasteiger partial charge in [0, 0.05) is 12.1 Å². The molecule has 17 heavy (non-hydrogen) atoms. The van der Waals surface area contributed by atoms with Crippen LogP contribution in [0.3, 0.4) is 0 Å². The van der Waals surface area contributed by atoms with Crippen molar-refractivity contribution in [3.05, 3.63) is 29.8 Å². The van der Waals surface area contributed by atoms with Crippen LogP contribution in [0.5, 0.6) is 5.75 Å². The molecule has 0 aliphatic carbocycles. The van der Waals surface area contributed by atoms with E-state index in [4.69, 9.17) is 11.6 Å². The molecule has 4 heteroatoms. The van der Waals surface area contributed by atoms with Crippen molar-refractivity contribution < 1.29 is 9.90 Å². The Bertz CT molecular complexity index is 379. The Balaban J connectivity index is 2.43. The molecule has 1 aromatic carbocycles. The van der Waals surface area contributed by atoms with Crippen LogP contribution in [0.25, 0.3) is 0 Å². The zero-order valence-electron chi connectivity index (χ0n) is 10.1. The van der Waals surface area contributed by atoms with Crippen molar-refractivity contribution in [3.63, 3.8) is 0 Å². The van der Waals surface area contributed by atoms with Crippen LogP contribution in [0.4, 0.5) is 0 Å². The summed E-state index contributed by atoms with van der Waals surface area (Å²) < 4.78 is 0. The number of benzene rings is 1. The third kappa shape index (κ3) is 4.65. The minimum atomic E-state index is -0.127. The molecular weight excluding hydrogens is 238 g/mol. The minimum absolute atomic E-state index is 0.0664. The zero-order chi connectivity index (χ0) is 12.8. The molecule has 0 bridgehead atoms. The molecule has 1 aromatic rings. The van der Waals surface area contributed by atoms with Crippen LogP contribution in [-0.4, -0.2) is 22.9 Å². The van der Waals surface area contributed by atoms with Crippen molar-refractivity contribution in [2.75, 3.05) is 6.54 Å². The Kier molecular flexibility index (Phi) is 5.29. The van der Waals surface area contributed by atoms with Crippen LogP contribution in [-0.2, 0) is 11.2 Å². The third-order valence-electron chi connectivity index (χ3n) is 2.56. The second-order valence-electron chi connectivity index (χ2n) is 4.37. The van der Waals surface area contributed by atoms with Crippen molar-refractivity contribution >= 4 is 17.5 Å². The molecule has 1 atom stereocenters. The standard InChI is InChI=1S/C13H18ClNO2/c1-9(2)11(14)8-15-13(17)7-10-5-3-4-6-12(10)16/h3-6,9,11,16H,7-8H2,1-2H3,(H,15,17). The first-order chi connectivity index (χ1) is 8.00. The topological polar surface area (TPSA) is 49.3 Å². The van der Waals surface area contributed by atoms with Gasteiger partial charge in [-0.2, -0.15) is 0 Å². The predicted octanol–water partition coefficient (Wildman–Crippen LogP) is 2.31. The molecule has 0 saturated heterocycles. The Labute approximate surface area is 107 Å². The van der Waals surface area contributed by atoms with Crippen LogP contribution in [0.1, 0.15) is 19.4 Å². The Morgan fingerprint density at radius 2 is 2.06 bits per heavy atom. The summed E-state index contributed by atoms with van der Waals surface area (Å²) in [5.74, 6) is 0.342. The van der Waals surface area contributed by atoms with Gasteiger partial charge in [0.25, 0.3) is 0 Å². The molecule has 3 nitrogen and oxygen atoms in total. The Hall–Kier alpha value is -1.22. The van der Waals surface area contributed by atoms with Crippen molar-refractivity contribution in [3.8, 4) is 5.75 Å². The molecule has 0 aliphatic heterocycles. The van der Waals surface area contributed by atoms with Crippen molar-refractivity contribution in [2.45, 2.75) is 25.6 Å². The number of phenols is 1. The van der Waals surface area contributed by atoms with Gasteiger partial charge in [-0.25, -0.2) is 0 Å². The number of rotatable bonds is 5. The molecule has 1 unspecified atom stereocenters. The van der Waals surface area contributed by atoms with Gasteiger partial charge in [0.1, 0.15) is 5.75 Å². The maximum Gasteiger partial charge on any atom is 0.224 e. The molecule has 0 fully saturated rings. The molecule has 0 aromatic heterocycles. The smallest absolute Gasteiger partial charge is 0.224 e. The normalized spacial score (nSPS) is 12.5. The van der Waals surface area contributed by atoms with Gasteiger partial charge in [-0.3, -0.25) is 4.79 Å². The molecule has 0 saturated carbocycles. The van der Waals surface area contributed by atoms with Crippen molar-refractivity contribution in [1.82, 2.24) is 5.32 Å². The third-order valence-corrected chi connectivity index (χ3v) is 3.22. The number of hydrogen-bond donors (Lipinski definition) is 2. The van der Waals surface area contributed by atoms with Crippen LogP contribution < -0.4 is 5.32 Å². The van der Waals surface area contributed by atoms with E-state index in [1.807, 2.05) is 13.8 Å². The second-order valence-corrected chi connectivity index (χ2v) is 4.93. The van der Waals surface area contributed by atoms with Gasteiger partial charge in [-0.1, -0.05) is 32.0 Å². The van der Waals surface area contributed by atoms with Crippen LogP contribution in [0.15, 0.2) is 24.3 Å². The summed E-state index contributed by atoms with van der Waals surface area (Å²) in [7, 11) is 0. The number of nitrogens with one attached hydrogen (secondary N) is 1. The van der Waals surface area contributed by atoms with Gasteiger partial charge in [0.2, 0.25) is 5.91 Å². The summed E-state index contributed by atoms with van der Waals surface area (Å²) in [6.07, 6.45) is 0.175. The summed E-state index contributed by atoms with van der Waals surface area (Å²) in [4.78, 5) is 11.6. The van der Waals surface area contributed by atoms with E-state index in [0.29, 0.717) is 18.0 Å². The number of halogens is 1. The van der Waals surface area contributed by atoms with Gasteiger partial charge < -0.3 is 10.4 Å². The fraction of sp³-hybridized carbons (Fsp3) is 0.462. The number of hydrogen-bond acceptors (Lipinski definition) is 2.